The van der Waals surface area contributed by atoms with Gasteiger partial charge < -0.3 is 14.6 Å². The molecule has 3 aromatic rings. The number of hydrogen-bond acceptors (Lipinski definition) is 5. The summed E-state index contributed by atoms with van der Waals surface area (Å²) in [5.74, 6) is 5.92. The van der Waals surface area contributed by atoms with Crippen molar-refractivity contribution in [3.05, 3.63) is 42.1 Å². The molecule has 2 aliphatic rings. The molecule has 7 heteroatoms. The molecule has 0 bridgehead atoms. The van der Waals surface area contributed by atoms with Crippen LogP contribution in [0.5, 0.6) is 0 Å². The topological polar surface area (TPSA) is 85.2 Å². The number of fused-ring (bicyclic) bond motifs is 3. The Bertz CT molecular complexity index is 1210. The molecular weight excluding hydrogens is 392 g/mol. The summed E-state index contributed by atoms with van der Waals surface area (Å²) in [7, 11) is 0. The highest BCUT2D eigenvalue weighted by atomic mass is 16.5. The quantitative estimate of drug-likeness (QED) is 0.506. The van der Waals surface area contributed by atoms with Crippen LogP contribution in [0.2, 0.25) is 0 Å². The summed E-state index contributed by atoms with van der Waals surface area (Å²) in [6.07, 6.45) is 4.80. The Morgan fingerprint density at radius 2 is 2.00 bits per heavy atom. The Kier molecular flexibility index (Phi) is 5.41. The second-order valence-corrected chi connectivity index (χ2v) is 7.97. The number of imide groups is 1. The predicted octanol–water partition coefficient (Wildman–Crippen LogP) is 2.29. The number of rotatable bonds is 3. The van der Waals surface area contributed by atoms with E-state index in [2.05, 4.69) is 27.5 Å². The molecule has 2 amide bonds. The van der Waals surface area contributed by atoms with E-state index >= 15 is 0 Å². The zero-order chi connectivity index (χ0) is 21.2. The van der Waals surface area contributed by atoms with Crippen LogP contribution in [0.4, 0.5) is 0 Å². The predicted molar refractivity (Wildman–Crippen MR) is 117 cm³/mol. The molecule has 2 aliphatic heterocycles. The van der Waals surface area contributed by atoms with Gasteiger partial charge in [0.2, 0.25) is 11.8 Å². The van der Waals surface area contributed by atoms with Gasteiger partial charge in [0.1, 0.15) is 18.3 Å². The van der Waals surface area contributed by atoms with Crippen LogP contribution in [0, 0.1) is 11.8 Å². The third-order valence-electron chi connectivity index (χ3n) is 6.01. The SMILES string of the molecule is O=C1CCC(n2c3cccc(C#CCOC4CCNCC4)c3c3cccnc32)C(=O)N1. The number of amides is 2. The lowest BCUT2D eigenvalue weighted by Gasteiger charge is -2.23. The summed E-state index contributed by atoms with van der Waals surface area (Å²) in [6.45, 7) is 2.37. The monoisotopic (exact) mass is 416 g/mol. The number of ether oxygens (including phenoxy) is 1. The third-order valence-corrected chi connectivity index (χ3v) is 6.01. The van der Waals surface area contributed by atoms with Crippen molar-refractivity contribution in [3.8, 4) is 11.8 Å². The van der Waals surface area contributed by atoms with E-state index in [0.29, 0.717) is 19.4 Å². The highest BCUT2D eigenvalue weighted by Gasteiger charge is 2.31. The molecule has 2 aromatic heterocycles. The molecule has 0 saturated carbocycles. The van der Waals surface area contributed by atoms with Crippen LogP contribution >= 0.6 is 0 Å². The van der Waals surface area contributed by atoms with Crippen LogP contribution < -0.4 is 10.6 Å². The number of benzene rings is 1. The third kappa shape index (κ3) is 3.80. The maximum absolute atomic E-state index is 12.6. The fourth-order valence-corrected chi connectivity index (χ4v) is 4.52. The summed E-state index contributed by atoms with van der Waals surface area (Å²) < 4.78 is 7.86. The van der Waals surface area contributed by atoms with Crippen molar-refractivity contribution in [2.24, 2.45) is 0 Å². The van der Waals surface area contributed by atoms with Gasteiger partial charge in [-0.3, -0.25) is 14.9 Å². The van der Waals surface area contributed by atoms with Gasteiger partial charge in [-0.25, -0.2) is 4.98 Å². The summed E-state index contributed by atoms with van der Waals surface area (Å²) in [4.78, 5) is 28.8. The fraction of sp³-hybridized carbons (Fsp3) is 0.375. The summed E-state index contributed by atoms with van der Waals surface area (Å²) >= 11 is 0. The van der Waals surface area contributed by atoms with Crippen LogP contribution in [0.3, 0.4) is 0 Å². The van der Waals surface area contributed by atoms with E-state index in [1.54, 1.807) is 6.20 Å². The highest BCUT2D eigenvalue weighted by molar-refractivity contribution is 6.11. The number of hydrogen-bond donors (Lipinski definition) is 2. The van der Waals surface area contributed by atoms with Crippen LogP contribution in [0.25, 0.3) is 21.9 Å². The molecule has 4 heterocycles. The van der Waals surface area contributed by atoms with Crippen molar-refractivity contribution in [1.29, 1.82) is 0 Å². The van der Waals surface area contributed by atoms with Crippen LogP contribution in [-0.4, -0.2) is 47.2 Å². The number of piperidine rings is 2. The van der Waals surface area contributed by atoms with E-state index in [0.717, 1.165) is 53.4 Å². The smallest absolute Gasteiger partial charge is 0.249 e. The lowest BCUT2D eigenvalue weighted by molar-refractivity contribution is -0.135. The van der Waals surface area contributed by atoms with Gasteiger partial charge >= 0.3 is 0 Å². The van der Waals surface area contributed by atoms with Gasteiger partial charge in [0.15, 0.2) is 0 Å². The minimum absolute atomic E-state index is 0.227. The average Bonchev–Trinajstić information content (AvgIpc) is 3.13. The van der Waals surface area contributed by atoms with Crippen molar-refractivity contribution in [2.75, 3.05) is 19.7 Å². The molecule has 7 nitrogen and oxygen atoms in total. The standard InChI is InChI=1S/C24H24N4O3/c29-21-9-8-20(24(30)27-21)28-19-7-1-4-16(22(19)18-6-2-12-26-23(18)28)5-3-15-31-17-10-13-25-14-11-17/h1-2,4,6-7,12,17,20,25H,8-11,13-15H2,(H,27,29,30). The summed E-state index contributed by atoms with van der Waals surface area (Å²) in [6, 6.07) is 9.34. The second-order valence-electron chi connectivity index (χ2n) is 7.97. The minimum atomic E-state index is -0.473. The molecule has 1 unspecified atom stereocenters. The van der Waals surface area contributed by atoms with E-state index in [1.165, 1.54) is 0 Å². The van der Waals surface area contributed by atoms with E-state index in [1.807, 2.05) is 34.9 Å². The molecule has 1 atom stereocenters. The van der Waals surface area contributed by atoms with Gasteiger partial charge in [-0.15, -0.1) is 0 Å². The maximum atomic E-state index is 12.6. The maximum Gasteiger partial charge on any atom is 0.249 e. The number of nitrogens with zero attached hydrogens (tertiary/aromatic N) is 2. The van der Waals surface area contributed by atoms with E-state index in [4.69, 9.17) is 4.74 Å². The summed E-state index contributed by atoms with van der Waals surface area (Å²) in [5, 5.41) is 7.72. The number of pyridine rings is 1. The molecule has 5 rings (SSSR count). The number of nitrogens with one attached hydrogen (secondary N) is 2. The van der Waals surface area contributed by atoms with Crippen molar-refractivity contribution in [3.63, 3.8) is 0 Å². The normalized spacial score (nSPS) is 19.9. The molecule has 0 radical (unpaired) electrons. The molecule has 2 fully saturated rings. The first-order valence-electron chi connectivity index (χ1n) is 10.7. The first-order valence-corrected chi connectivity index (χ1v) is 10.7. The minimum Gasteiger partial charge on any atom is -0.365 e. The zero-order valence-electron chi connectivity index (χ0n) is 17.2. The zero-order valence-corrected chi connectivity index (χ0v) is 17.2. The van der Waals surface area contributed by atoms with E-state index in [9.17, 15) is 9.59 Å². The molecule has 1 aromatic carbocycles. The largest absolute Gasteiger partial charge is 0.365 e. The average molecular weight is 416 g/mol. The first kappa shape index (κ1) is 19.7. The van der Waals surface area contributed by atoms with Crippen molar-refractivity contribution in [1.82, 2.24) is 20.2 Å². The van der Waals surface area contributed by atoms with Crippen LogP contribution in [0.1, 0.15) is 37.3 Å². The van der Waals surface area contributed by atoms with Crippen LogP contribution in [-0.2, 0) is 14.3 Å². The highest BCUT2D eigenvalue weighted by Crippen LogP contribution is 2.34. The molecular formula is C24H24N4O3. The lowest BCUT2D eigenvalue weighted by Crippen LogP contribution is -2.41. The number of carbonyl (C=O) groups excluding carboxylic acids is 2. The van der Waals surface area contributed by atoms with Crippen molar-refractivity contribution in [2.45, 2.75) is 37.8 Å². The van der Waals surface area contributed by atoms with E-state index in [-0.39, 0.29) is 17.9 Å². The van der Waals surface area contributed by atoms with Crippen LogP contribution in [0.15, 0.2) is 36.5 Å². The van der Waals surface area contributed by atoms with Gasteiger partial charge in [-0.05, 0) is 56.6 Å². The first-order chi connectivity index (χ1) is 15.2. The summed E-state index contributed by atoms with van der Waals surface area (Å²) in [5.41, 5.74) is 2.51. The number of carbonyl (C=O) groups is 2. The Morgan fingerprint density at radius 1 is 1.13 bits per heavy atom. The molecule has 2 N–H and O–H groups in total. The van der Waals surface area contributed by atoms with E-state index < -0.39 is 6.04 Å². The molecule has 2 saturated heterocycles. The van der Waals surface area contributed by atoms with Gasteiger partial charge in [-0.2, -0.15) is 0 Å². The van der Waals surface area contributed by atoms with Gasteiger partial charge in [-0.1, -0.05) is 17.9 Å². The lowest BCUT2D eigenvalue weighted by atomic mass is 10.1. The molecule has 31 heavy (non-hydrogen) atoms. The van der Waals surface area contributed by atoms with Gasteiger partial charge in [0.25, 0.3) is 0 Å². The van der Waals surface area contributed by atoms with Crippen molar-refractivity contribution < 1.29 is 14.3 Å². The Balaban J connectivity index is 1.52. The fourth-order valence-electron chi connectivity index (χ4n) is 4.52. The van der Waals surface area contributed by atoms with Gasteiger partial charge in [0, 0.05) is 29.0 Å². The van der Waals surface area contributed by atoms with Gasteiger partial charge in [0.05, 0.1) is 11.6 Å². The molecule has 158 valence electrons. The number of aromatic nitrogens is 2. The Labute approximate surface area is 180 Å². The molecule has 0 aliphatic carbocycles. The molecule has 0 spiro atoms. The second kappa shape index (κ2) is 8.50. The van der Waals surface area contributed by atoms with Crippen molar-refractivity contribution >= 4 is 33.8 Å². The Morgan fingerprint density at radius 3 is 2.84 bits per heavy atom. The Hall–Kier alpha value is -3.21.